The van der Waals surface area contributed by atoms with Gasteiger partial charge >= 0.3 is 0 Å². The van der Waals surface area contributed by atoms with Crippen LogP contribution in [0.15, 0.2) is 30.3 Å². The van der Waals surface area contributed by atoms with Gasteiger partial charge in [-0.3, -0.25) is 4.79 Å². The van der Waals surface area contributed by atoms with Crippen LogP contribution in [0, 0.1) is 6.92 Å². The molecule has 1 aliphatic carbocycles. The number of carbonyl (C=O) groups excluding carboxylic acids is 1. The predicted molar refractivity (Wildman–Crippen MR) is 72.8 cm³/mol. The number of aryl methyl sites for hydroxylation is 1. The molecule has 1 heterocycles. The lowest BCUT2D eigenvalue weighted by atomic mass is 10.1. The number of hydrogen-bond acceptors (Lipinski definition) is 3. The zero-order chi connectivity index (χ0) is 12.5. The molecule has 92 valence electrons. The van der Waals surface area contributed by atoms with Gasteiger partial charge in [0, 0.05) is 6.04 Å². The van der Waals surface area contributed by atoms with E-state index < -0.39 is 0 Å². The summed E-state index contributed by atoms with van der Waals surface area (Å²) in [4.78, 5) is 17.5. The topological polar surface area (TPSA) is 42.0 Å². The van der Waals surface area contributed by atoms with E-state index in [0.29, 0.717) is 11.7 Å². The number of carbonyl (C=O) groups is 1. The van der Waals surface area contributed by atoms with Crippen molar-refractivity contribution in [1.82, 2.24) is 10.3 Å². The molecule has 1 saturated carbocycles. The van der Waals surface area contributed by atoms with Crippen molar-refractivity contribution >= 4 is 17.2 Å². The van der Waals surface area contributed by atoms with Crippen LogP contribution >= 0.6 is 11.3 Å². The molecule has 0 aliphatic heterocycles. The van der Waals surface area contributed by atoms with E-state index >= 15 is 0 Å². The van der Waals surface area contributed by atoms with Gasteiger partial charge in [-0.2, -0.15) is 0 Å². The molecule has 3 rings (SSSR count). The number of rotatable bonds is 3. The lowest BCUT2D eigenvalue weighted by Crippen LogP contribution is -2.26. The van der Waals surface area contributed by atoms with E-state index in [0.717, 1.165) is 28.3 Å². The summed E-state index contributed by atoms with van der Waals surface area (Å²) in [6.45, 7) is 1.94. The van der Waals surface area contributed by atoms with Crippen molar-refractivity contribution in [2.45, 2.75) is 25.8 Å². The van der Waals surface area contributed by atoms with Gasteiger partial charge in [0.05, 0.1) is 9.88 Å². The van der Waals surface area contributed by atoms with Crippen LogP contribution < -0.4 is 5.32 Å². The van der Waals surface area contributed by atoms with Crippen LogP contribution in [-0.4, -0.2) is 16.9 Å². The summed E-state index contributed by atoms with van der Waals surface area (Å²) in [7, 11) is 0. The minimum atomic E-state index is -0.0410. The second-order valence-electron chi connectivity index (χ2n) is 4.52. The number of benzene rings is 1. The number of thiazole rings is 1. The Kier molecular flexibility index (Phi) is 2.88. The van der Waals surface area contributed by atoms with Crippen molar-refractivity contribution in [2.24, 2.45) is 0 Å². The molecule has 0 atom stereocenters. The minimum absolute atomic E-state index is 0.0410. The fourth-order valence-electron chi connectivity index (χ4n) is 1.85. The van der Waals surface area contributed by atoms with E-state index in [2.05, 4.69) is 10.3 Å². The third kappa shape index (κ3) is 2.29. The monoisotopic (exact) mass is 258 g/mol. The summed E-state index contributed by atoms with van der Waals surface area (Å²) in [6, 6.07) is 10.3. The average molecular weight is 258 g/mol. The van der Waals surface area contributed by atoms with Crippen LogP contribution in [0.3, 0.4) is 0 Å². The Bertz CT molecular complexity index is 573. The first-order valence-electron chi connectivity index (χ1n) is 6.08. The van der Waals surface area contributed by atoms with E-state index in [1.807, 2.05) is 37.3 Å². The van der Waals surface area contributed by atoms with Gasteiger partial charge in [-0.05, 0) is 25.3 Å². The lowest BCUT2D eigenvalue weighted by molar-refractivity contribution is 0.0947. The molecule has 1 fully saturated rings. The minimum Gasteiger partial charge on any atom is -0.348 e. The molecule has 1 amide bonds. The highest BCUT2D eigenvalue weighted by atomic mass is 32.1. The summed E-state index contributed by atoms with van der Waals surface area (Å²) < 4.78 is 0. The van der Waals surface area contributed by atoms with Crippen LogP contribution in [0.1, 0.15) is 28.3 Å². The molecule has 0 unspecified atom stereocenters. The standard InChI is InChI=1S/C14H14N2OS/c1-9-15-12(14(17)16-11-7-8-11)13(18-9)10-5-3-2-4-6-10/h2-6,11H,7-8H2,1H3,(H,16,17). The van der Waals surface area contributed by atoms with Crippen molar-refractivity contribution in [3.8, 4) is 10.4 Å². The maximum Gasteiger partial charge on any atom is 0.271 e. The Balaban J connectivity index is 1.96. The molecule has 4 heteroatoms. The molecular weight excluding hydrogens is 244 g/mol. The highest BCUT2D eigenvalue weighted by Gasteiger charge is 2.26. The number of hydrogen-bond donors (Lipinski definition) is 1. The molecule has 2 aromatic rings. The highest BCUT2D eigenvalue weighted by molar-refractivity contribution is 7.15. The molecule has 1 N–H and O–H groups in total. The van der Waals surface area contributed by atoms with Crippen molar-refractivity contribution in [2.75, 3.05) is 0 Å². The van der Waals surface area contributed by atoms with Crippen molar-refractivity contribution in [3.05, 3.63) is 41.0 Å². The number of aromatic nitrogens is 1. The zero-order valence-corrected chi connectivity index (χ0v) is 11.0. The third-order valence-corrected chi connectivity index (χ3v) is 3.92. The maximum absolute atomic E-state index is 12.1. The molecule has 0 bridgehead atoms. The van der Waals surface area contributed by atoms with Gasteiger partial charge in [0.25, 0.3) is 5.91 Å². The van der Waals surface area contributed by atoms with Gasteiger partial charge in [0.1, 0.15) is 5.69 Å². The van der Waals surface area contributed by atoms with Crippen molar-refractivity contribution in [3.63, 3.8) is 0 Å². The predicted octanol–water partition coefficient (Wildman–Crippen LogP) is 3.01. The summed E-state index contributed by atoms with van der Waals surface area (Å²) in [5.74, 6) is -0.0410. The van der Waals surface area contributed by atoms with Gasteiger partial charge in [0.2, 0.25) is 0 Å². The fraction of sp³-hybridized carbons (Fsp3) is 0.286. The Morgan fingerprint density at radius 1 is 1.33 bits per heavy atom. The molecule has 1 aromatic heterocycles. The summed E-state index contributed by atoms with van der Waals surface area (Å²) in [5, 5.41) is 3.92. The summed E-state index contributed by atoms with van der Waals surface area (Å²) in [5.41, 5.74) is 1.62. The average Bonchev–Trinajstić information content (AvgIpc) is 3.10. The Morgan fingerprint density at radius 3 is 2.72 bits per heavy atom. The number of nitrogens with zero attached hydrogens (tertiary/aromatic N) is 1. The van der Waals surface area contributed by atoms with Gasteiger partial charge in [-0.15, -0.1) is 11.3 Å². The van der Waals surface area contributed by atoms with E-state index in [1.165, 1.54) is 0 Å². The zero-order valence-electron chi connectivity index (χ0n) is 10.1. The van der Waals surface area contributed by atoms with E-state index in [1.54, 1.807) is 11.3 Å². The Hall–Kier alpha value is -1.68. The molecule has 3 nitrogen and oxygen atoms in total. The molecule has 0 radical (unpaired) electrons. The first-order chi connectivity index (χ1) is 8.74. The molecule has 1 aliphatic rings. The van der Waals surface area contributed by atoms with E-state index in [9.17, 15) is 4.79 Å². The Labute approximate surface area is 110 Å². The van der Waals surface area contributed by atoms with Gasteiger partial charge in [0.15, 0.2) is 0 Å². The van der Waals surface area contributed by atoms with Crippen molar-refractivity contribution < 1.29 is 4.79 Å². The SMILES string of the molecule is Cc1nc(C(=O)NC2CC2)c(-c2ccccc2)s1. The number of nitrogens with one attached hydrogen (secondary N) is 1. The van der Waals surface area contributed by atoms with Crippen LogP contribution in [-0.2, 0) is 0 Å². The smallest absolute Gasteiger partial charge is 0.271 e. The largest absolute Gasteiger partial charge is 0.348 e. The highest BCUT2D eigenvalue weighted by Crippen LogP contribution is 2.30. The maximum atomic E-state index is 12.1. The summed E-state index contributed by atoms with van der Waals surface area (Å²) >= 11 is 1.57. The molecule has 0 spiro atoms. The molecular formula is C14H14N2OS. The second-order valence-corrected chi connectivity index (χ2v) is 5.73. The van der Waals surface area contributed by atoms with Crippen LogP contribution in [0.25, 0.3) is 10.4 Å². The second kappa shape index (κ2) is 4.53. The lowest BCUT2D eigenvalue weighted by Gasteiger charge is -2.03. The molecule has 18 heavy (non-hydrogen) atoms. The van der Waals surface area contributed by atoms with Crippen LogP contribution in [0.2, 0.25) is 0 Å². The first kappa shape index (κ1) is 11.4. The number of amides is 1. The first-order valence-corrected chi connectivity index (χ1v) is 6.89. The van der Waals surface area contributed by atoms with Gasteiger partial charge < -0.3 is 5.32 Å². The van der Waals surface area contributed by atoms with Gasteiger partial charge in [-0.25, -0.2) is 4.98 Å². The van der Waals surface area contributed by atoms with E-state index in [4.69, 9.17) is 0 Å². The summed E-state index contributed by atoms with van der Waals surface area (Å²) in [6.07, 6.45) is 2.19. The molecule has 1 aromatic carbocycles. The molecule has 0 saturated heterocycles. The van der Waals surface area contributed by atoms with Crippen LogP contribution in [0.5, 0.6) is 0 Å². The Morgan fingerprint density at radius 2 is 2.06 bits per heavy atom. The van der Waals surface area contributed by atoms with E-state index in [-0.39, 0.29) is 5.91 Å². The fourth-order valence-corrected chi connectivity index (χ4v) is 2.77. The van der Waals surface area contributed by atoms with Crippen LogP contribution in [0.4, 0.5) is 0 Å². The third-order valence-electron chi connectivity index (χ3n) is 2.90. The normalized spacial score (nSPS) is 14.5. The van der Waals surface area contributed by atoms with Crippen molar-refractivity contribution in [1.29, 1.82) is 0 Å². The quantitative estimate of drug-likeness (QED) is 0.919. The van der Waals surface area contributed by atoms with Gasteiger partial charge in [-0.1, -0.05) is 30.3 Å².